The summed E-state index contributed by atoms with van der Waals surface area (Å²) in [5, 5.41) is 3.38. The number of nitrogens with zero attached hydrogens (tertiary/aromatic N) is 2. The third kappa shape index (κ3) is 4.58. The van der Waals surface area contributed by atoms with Crippen molar-refractivity contribution >= 4 is 15.9 Å². The van der Waals surface area contributed by atoms with Gasteiger partial charge in [-0.3, -0.25) is 0 Å². The normalized spacial score (nSPS) is 10.8. The first kappa shape index (κ1) is 14.9. The molecule has 20 heavy (non-hydrogen) atoms. The molecule has 2 aromatic rings. The van der Waals surface area contributed by atoms with Gasteiger partial charge in [-0.15, -0.1) is 0 Å². The Hall–Kier alpha value is -1.46. The van der Waals surface area contributed by atoms with Crippen LogP contribution in [0.5, 0.6) is 5.75 Å². The van der Waals surface area contributed by atoms with E-state index in [2.05, 4.69) is 57.2 Å². The molecular weight excluding hydrogens is 318 g/mol. The summed E-state index contributed by atoms with van der Waals surface area (Å²) in [4.78, 5) is 8.26. The van der Waals surface area contributed by atoms with Crippen LogP contribution in [0.2, 0.25) is 0 Å². The highest BCUT2D eigenvalue weighted by Gasteiger charge is 2.04. The molecule has 0 aliphatic rings. The minimum atomic E-state index is 0.364. The van der Waals surface area contributed by atoms with Gasteiger partial charge in [0.25, 0.3) is 0 Å². The summed E-state index contributed by atoms with van der Waals surface area (Å²) in [6.07, 6.45) is 3.42. The number of hydrogen-bond acceptors (Lipinski definition) is 4. The maximum absolute atomic E-state index is 5.71. The highest BCUT2D eigenvalue weighted by molar-refractivity contribution is 9.10. The Morgan fingerprint density at radius 2 is 2.00 bits per heavy atom. The molecule has 0 bridgehead atoms. The van der Waals surface area contributed by atoms with Crippen molar-refractivity contribution in [1.82, 2.24) is 15.3 Å². The van der Waals surface area contributed by atoms with Crippen molar-refractivity contribution in [3.63, 3.8) is 0 Å². The van der Waals surface area contributed by atoms with Crippen LogP contribution in [-0.2, 0) is 13.2 Å². The number of rotatable bonds is 6. The minimum Gasteiger partial charge on any atom is -0.484 e. The monoisotopic (exact) mass is 335 g/mol. The Morgan fingerprint density at radius 1 is 1.25 bits per heavy atom. The molecule has 1 heterocycles. The summed E-state index contributed by atoms with van der Waals surface area (Å²) in [5.41, 5.74) is 1.22. The molecule has 1 aromatic heterocycles. The quantitative estimate of drug-likeness (QED) is 0.879. The summed E-state index contributed by atoms with van der Waals surface area (Å²) in [7, 11) is 0. The van der Waals surface area contributed by atoms with E-state index in [0.717, 1.165) is 16.8 Å². The van der Waals surface area contributed by atoms with Crippen LogP contribution < -0.4 is 10.1 Å². The van der Waals surface area contributed by atoms with Gasteiger partial charge in [0.1, 0.15) is 12.4 Å². The van der Waals surface area contributed by atoms with Crippen LogP contribution in [0.15, 0.2) is 41.1 Å². The molecule has 0 amide bonds. The molecule has 4 nitrogen and oxygen atoms in total. The Kier molecular flexibility index (Phi) is 5.49. The number of hydrogen-bond donors (Lipinski definition) is 1. The lowest BCUT2D eigenvalue weighted by Crippen LogP contribution is -2.21. The van der Waals surface area contributed by atoms with Crippen molar-refractivity contribution in [2.75, 3.05) is 0 Å². The lowest BCUT2D eigenvalue weighted by atomic mass is 10.2. The van der Waals surface area contributed by atoms with Gasteiger partial charge < -0.3 is 10.1 Å². The minimum absolute atomic E-state index is 0.364. The molecule has 0 aliphatic heterocycles. The van der Waals surface area contributed by atoms with Crippen molar-refractivity contribution in [3.8, 4) is 5.75 Å². The topological polar surface area (TPSA) is 47.0 Å². The number of nitrogens with one attached hydrogen (secondary N) is 1. The van der Waals surface area contributed by atoms with E-state index in [9.17, 15) is 0 Å². The maximum atomic E-state index is 5.71. The zero-order chi connectivity index (χ0) is 14.4. The van der Waals surface area contributed by atoms with E-state index < -0.39 is 0 Å². The first-order valence-electron chi connectivity index (χ1n) is 6.55. The summed E-state index contributed by atoms with van der Waals surface area (Å²) in [6, 6.07) is 8.35. The lowest BCUT2D eigenvalue weighted by molar-refractivity contribution is 0.294. The van der Waals surface area contributed by atoms with Crippen LogP contribution in [0.3, 0.4) is 0 Å². The first-order chi connectivity index (χ1) is 9.65. The van der Waals surface area contributed by atoms with E-state index in [1.54, 1.807) is 18.5 Å². The van der Waals surface area contributed by atoms with Crippen molar-refractivity contribution < 1.29 is 4.74 Å². The first-order valence-corrected chi connectivity index (χ1v) is 7.35. The fourth-order valence-corrected chi connectivity index (χ4v) is 2.18. The largest absolute Gasteiger partial charge is 0.484 e. The van der Waals surface area contributed by atoms with Crippen LogP contribution in [0.1, 0.15) is 25.2 Å². The van der Waals surface area contributed by atoms with Crippen molar-refractivity contribution in [2.45, 2.75) is 33.0 Å². The molecule has 0 saturated carbocycles. The second kappa shape index (κ2) is 7.36. The standard InChI is InChI=1S/C15H18BrN3O/c1-11(2)19-9-12-4-5-14(13(16)8-12)20-10-15-17-6-3-7-18-15/h3-8,11,19H,9-10H2,1-2H3. The fourth-order valence-electron chi connectivity index (χ4n) is 1.64. The van der Waals surface area contributed by atoms with E-state index in [0.29, 0.717) is 18.5 Å². The van der Waals surface area contributed by atoms with Crippen LogP contribution in [0.4, 0.5) is 0 Å². The van der Waals surface area contributed by atoms with Crippen molar-refractivity contribution in [1.29, 1.82) is 0 Å². The fraction of sp³-hybridized carbons (Fsp3) is 0.333. The number of benzene rings is 1. The smallest absolute Gasteiger partial charge is 0.166 e. The van der Waals surface area contributed by atoms with Crippen molar-refractivity contribution in [2.24, 2.45) is 0 Å². The molecule has 0 saturated heterocycles. The Balaban J connectivity index is 1.95. The number of halogens is 1. The molecule has 106 valence electrons. The summed E-state index contributed by atoms with van der Waals surface area (Å²) in [5.74, 6) is 1.47. The van der Waals surface area contributed by atoms with Gasteiger partial charge in [0.15, 0.2) is 5.82 Å². The van der Waals surface area contributed by atoms with E-state index >= 15 is 0 Å². The van der Waals surface area contributed by atoms with Gasteiger partial charge in [-0.05, 0) is 39.7 Å². The molecule has 5 heteroatoms. The van der Waals surface area contributed by atoms with Crippen LogP contribution in [0, 0.1) is 0 Å². The van der Waals surface area contributed by atoms with Gasteiger partial charge in [-0.2, -0.15) is 0 Å². The second-order valence-electron chi connectivity index (χ2n) is 4.75. The third-order valence-corrected chi connectivity index (χ3v) is 3.31. The van der Waals surface area contributed by atoms with Crippen LogP contribution in [-0.4, -0.2) is 16.0 Å². The Labute approximate surface area is 127 Å². The third-order valence-electron chi connectivity index (χ3n) is 2.69. The second-order valence-corrected chi connectivity index (χ2v) is 5.61. The molecule has 1 N–H and O–H groups in total. The molecule has 2 rings (SSSR count). The van der Waals surface area contributed by atoms with Crippen LogP contribution in [0.25, 0.3) is 0 Å². The molecule has 0 atom stereocenters. The molecule has 0 fully saturated rings. The summed E-state index contributed by atoms with van der Waals surface area (Å²) >= 11 is 3.53. The molecule has 0 radical (unpaired) electrons. The highest BCUT2D eigenvalue weighted by Crippen LogP contribution is 2.26. The molecule has 0 unspecified atom stereocenters. The molecule has 0 spiro atoms. The summed E-state index contributed by atoms with van der Waals surface area (Å²) in [6.45, 7) is 5.47. The maximum Gasteiger partial charge on any atom is 0.166 e. The number of aromatic nitrogens is 2. The van der Waals surface area contributed by atoms with Gasteiger partial charge in [-0.1, -0.05) is 19.9 Å². The van der Waals surface area contributed by atoms with Crippen molar-refractivity contribution in [3.05, 3.63) is 52.5 Å². The molecule has 1 aromatic carbocycles. The van der Waals surface area contributed by atoms with E-state index in [-0.39, 0.29) is 0 Å². The zero-order valence-electron chi connectivity index (χ0n) is 11.6. The molecule has 0 aliphatic carbocycles. The average molecular weight is 336 g/mol. The number of ether oxygens (including phenoxy) is 1. The van der Waals surface area contributed by atoms with Gasteiger partial charge in [0.05, 0.1) is 4.47 Å². The van der Waals surface area contributed by atoms with E-state index in [1.807, 2.05) is 6.07 Å². The summed E-state index contributed by atoms with van der Waals surface area (Å²) < 4.78 is 6.65. The molecular formula is C15H18BrN3O. The van der Waals surface area contributed by atoms with Gasteiger partial charge in [-0.25, -0.2) is 9.97 Å². The van der Waals surface area contributed by atoms with Gasteiger partial charge in [0.2, 0.25) is 0 Å². The van der Waals surface area contributed by atoms with Gasteiger partial charge >= 0.3 is 0 Å². The SMILES string of the molecule is CC(C)NCc1ccc(OCc2ncccn2)c(Br)c1. The Bertz CT molecular complexity index is 546. The van der Waals surface area contributed by atoms with Gasteiger partial charge in [0, 0.05) is 25.0 Å². The highest BCUT2D eigenvalue weighted by atomic mass is 79.9. The van der Waals surface area contributed by atoms with E-state index in [1.165, 1.54) is 5.56 Å². The predicted octanol–water partition coefficient (Wildman–Crippen LogP) is 3.32. The Morgan fingerprint density at radius 3 is 2.65 bits per heavy atom. The van der Waals surface area contributed by atoms with Crippen LogP contribution >= 0.6 is 15.9 Å². The lowest BCUT2D eigenvalue weighted by Gasteiger charge is -2.11. The zero-order valence-corrected chi connectivity index (χ0v) is 13.2. The predicted molar refractivity (Wildman–Crippen MR) is 82.5 cm³/mol. The van der Waals surface area contributed by atoms with E-state index in [4.69, 9.17) is 4.74 Å². The average Bonchev–Trinajstić information content (AvgIpc) is 2.45.